The van der Waals surface area contributed by atoms with Crippen molar-refractivity contribution in [3.8, 4) is 11.5 Å². The third-order valence-corrected chi connectivity index (χ3v) is 8.09. The Morgan fingerprint density at radius 1 is 0.897 bits per heavy atom. The van der Waals surface area contributed by atoms with Crippen LogP contribution in [0.2, 0.25) is 0 Å². The fourth-order valence-electron chi connectivity index (χ4n) is 5.98. The second-order valence-electron chi connectivity index (χ2n) is 12.1. The first-order valence-corrected chi connectivity index (χ1v) is 14.4. The van der Waals surface area contributed by atoms with Crippen LogP contribution in [0.1, 0.15) is 64.4 Å². The van der Waals surface area contributed by atoms with Crippen LogP contribution < -0.4 is 4.74 Å². The molecule has 6 nitrogen and oxygen atoms in total. The van der Waals surface area contributed by atoms with Crippen molar-refractivity contribution in [1.29, 1.82) is 0 Å². The lowest BCUT2D eigenvalue weighted by molar-refractivity contribution is -0.0357. The zero-order valence-corrected chi connectivity index (χ0v) is 23.6. The third kappa shape index (κ3) is 6.74. The highest BCUT2D eigenvalue weighted by atomic mass is 16.6. The van der Waals surface area contributed by atoms with Gasteiger partial charge in [0.05, 0.1) is 5.60 Å². The van der Waals surface area contributed by atoms with Crippen molar-refractivity contribution in [3.05, 3.63) is 72.3 Å². The van der Waals surface area contributed by atoms with Gasteiger partial charge in [-0.25, -0.2) is 4.79 Å². The van der Waals surface area contributed by atoms with Crippen LogP contribution >= 0.6 is 0 Å². The maximum absolute atomic E-state index is 12.5. The second-order valence-corrected chi connectivity index (χ2v) is 12.1. The van der Waals surface area contributed by atoms with Crippen molar-refractivity contribution < 1.29 is 19.4 Å². The molecule has 208 valence electrons. The summed E-state index contributed by atoms with van der Waals surface area (Å²) in [6.07, 6.45) is 4.70. The van der Waals surface area contributed by atoms with Gasteiger partial charge in [0.2, 0.25) is 0 Å². The van der Waals surface area contributed by atoms with E-state index >= 15 is 0 Å². The normalized spacial score (nSPS) is 19.0. The van der Waals surface area contributed by atoms with Crippen LogP contribution in [0.4, 0.5) is 4.79 Å². The number of fused-ring (bicyclic) bond motifs is 1. The zero-order chi connectivity index (χ0) is 27.5. The SMILES string of the molecule is CC(C)(C)OC(=O)N1CCN(CC(c2ccc(Oc3cccc4ccccc34)cc2)C2(O)CCCCC2)CC1. The van der Waals surface area contributed by atoms with Gasteiger partial charge in [-0.05, 0) is 62.8 Å². The second kappa shape index (κ2) is 11.6. The molecule has 0 spiro atoms. The number of aliphatic hydroxyl groups is 1. The summed E-state index contributed by atoms with van der Waals surface area (Å²) in [5.41, 5.74) is -0.0785. The summed E-state index contributed by atoms with van der Waals surface area (Å²) in [5, 5.41) is 14.1. The van der Waals surface area contributed by atoms with E-state index in [0.29, 0.717) is 13.1 Å². The summed E-state index contributed by atoms with van der Waals surface area (Å²) in [6, 6.07) is 22.6. The topological polar surface area (TPSA) is 62.2 Å². The maximum Gasteiger partial charge on any atom is 0.410 e. The van der Waals surface area contributed by atoms with Crippen molar-refractivity contribution in [2.24, 2.45) is 0 Å². The van der Waals surface area contributed by atoms with Crippen molar-refractivity contribution in [1.82, 2.24) is 9.80 Å². The van der Waals surface area contributed by atoms with Crippen molar-refractivity contribution >= 4 is 16.9 Å². The van der Waals surface area contributed by atoms with Crippen molar-refractivity contribution in [3.63, 3.8) is 0 Å². The van der Waals surface area contributed by atoms with Crippen LogP contribution in [-0.4, -0.2) is 64.9 Å². The number of nitrogens with zero attached hydrogens (tertiary/aromatic N) is 2. The Hall–Kier alpha value is -3.09. The first-order chi connectivity index (χ1) is 18.7. The summed E-state index contributed by atoms with van der Waals surface area (Å²) in [6.45, 7) is 9.28. The van der Waals surface area contributed by atoms with Gasteiger partial charge < -0.3 is 19.5 Å². The molecule has 0 aromatic heterocycles. The van der Waals surface area contributed by atoms with E-state index in [1.54, 1.807) is 4.90 Å². The zero-order valence-electron chi connectivity index (χ0n) is 23.6. The van der Waals surface area contributed by atoms with Gasteiger partial charge in [-0.3, -0.25) is 4.90 Å². The third-order valence-electron chi connectivity index (χ3n) is 8.09. The molecule has 1 saturated carbocycles. The van der Waals surface area contributed by atoms with E-state index in [0.717, 1.165) is 73.2 Å². The summed E-state index contributed by atoms with van der Waals surface area (Å²) in [5.74, 6) is 1.62. The van der Waals surface area contributed by atoms with E-state index in [1.807, 2.05) is 57.2 Å². The maximum atomic E-state index is 12.5. The Morgan fingerprint density at radius 3 is 2.26 bits per heavy atom. The van der Waals surface area contributed by atoms with Crippen molar-refractivity contribution in [2.45, 2.75) is 70.0 Å². The van der Waals surface area contributed by atoms with E-state index in [9.17, 15) is 9.90 Å². The van der Waals surface area contributed by atoms with Gasteiger partial charge in [-0.2, -0.15) is 0 Å². The van der Waals surface area contributed by atoms with E-state index < -0.39 is 11.2 Å². The predicted molar refractivity (Wildman–Crippen MR) is 155 cm³/mol. The lowest BCUT2D eigenvalue weighted by atomic mass is 9.72. The lowest BCUT2D eigenvalue weighted by Gasteiger charge is -2.43. The first kappa shape index (κ1) is 27.5. The summed E-state index contributed by atoms with van der Waals surface area (Å²) < 4.78 is 11.9. The lowest BCUT2D eigenvalue weighted by Crippen LogP contribution is -2.52. The number of piperazine rings is 1. The molecule has 6 heteroatoms. The quantitative estimate of drug-likeness (QED) is 0.373. The number of carbonyl (C=O) groups is 1. The molecule has 1 unspecified atom stereocenters. The van der Waals surface area contributed by atoms with Gasteiger partial charge >= 0.3 is 6.09 Å². The fourth-order valence-corrected chi connectivity index (χ4v) is 5.98. The Morgan fingerprint density at radius 2 is 1.56 bits per heavy atom. The molecule has 39 heavy (non-hydrogen) atoms. The Bertz CT molecular complexity index is 1250. The van der Waals surface area contributed by atoms with Gasteiger partial charge in [0.1, 0.15) is 17.1 Å². The summed E-state index contributed by atoms with van der Waals surface area (Å²) in [4.78, 5) is 16.7. The molecule has 2 fully saturated rings. The molecule has 0 bridgehead atoms. The molecule has 1 amide bonds. The Balaban J connectivity index is 1.30. The molecule has 3 aromatic rings. The highest BCUT2D eigenvalue weighted by Crippen LogP contribution is 2.41. The van der Waals surface area contributed by atoms with E-state index in [-0.39, 0.29) is 12.0 Å². The average Bonchev–Trinajstić information content (AvgIpc) is 2.92. The number of benzene rings is 3. The molecular formula is C33H42N2O4. The summed E-state index contributed by atoms with van der Waals surface area (Å²) in [7, 11) is 0. The number of hydrogen-bond acceptors (Lipinski definition) is 5. The first-order valence-electron chi connectivity index (χ1n) is 14.4. The van der Waals surface area contributed by atoms with Crippen LogP contribution in [0, 0.1) is 0 Å². The van der Waals surface area contributed by atoms with Crippen LogP contribution in [0.5, 0.6) is 11.5 Å². The number of ether oxygens (including phenoxy) is 2. The molecule has 1 aliphatic heterocycles. The summed E-state index contributed by atoms with van der Waals surface area (Å²) >= 11 is 0. The highest BCUT2D eigenvalue weighted by molar-refractivity contribution is 5.88. The molecule has 5 rings (SSSR count). The molecule has 1 heterocycles. The molecule has 0 radical (unpaired) electrons. The largest absolute Gasteiger partial charge is 0.457 e. The van der Waals surface area contributed by atoms with Gasteiger partial charge in [0, 0.05) is 44.0 Å². The average molecular weight is 531 g/mol. The molecule has 1 aliphatic carbocycles. The minimum atomic E-state index is -0.724. The molecule has 2 aliphatic rings. The van der Waals surface area contributed by atoms with Gasteiger partial charge in [-0.15, -0.1) is 0 Å². The monoisotopic (exact) mass is 530 g/mol. The van der Waals surface area contributed by atoms with Gasteiger partial charge in [0.15, 0.2) is 0 Å². The highest BCUT2D eigenvalue weighted by Gasteiger charge is 2.40. The Kier molecular flexibility index (Phi) is 8.15. The van der Waals surface area contributed by atoms with Crippen LogP contribution in [-0.2, 0) is 4.74 Å². The minimum Gasteiger partial charge on any atom is -0.457 e. The number of amides is 1. The van der Waals surface area contributed by atoms with Crippen molar-refractivity contribution in [2.75, 3.05) is 32.7 Å². The van der Waals surface area contributed by atoms with E-state index in [1.165, 1.54) is 6.42 Å². The standard InChI is InChI=1S/C33H42N2O4/c1-32(2,3)39-31(36)35-22-20-34(21-23-35)24-29(33(37)18-7-4-8-19-33)26-14-16-27(17-15-26)38-30-13-9-11-25-10-5-6-12-28(25)30/h5-6,9-17,29,37H,4,7-8,18-24H2,1-3H3. The van der Waals surface area contributed by atoms with Crippen LogP contribution in [0.3, 0.4) is 0 Å². The molecule has 1 N–H and O–H groups in total. The number of rotatable bonds is 6. The minimum absolute atomic E-state index is 0.00233. The smallest absolute Gasteiger partial charge is 0.410 e. The fraction of sp³-hybridized carbons (Fsp3) is 0.485. The molecule has 1 atom stereocenters. The van der Waals surface area contributed by atoms with E-state index in [2.05, 4.69) is 35.2 Å². The molecule has 1 saturated heterocycles. The van der Waals surface area contributed by atoms with Gasteiger partial charge in [0.25, 0.3) is 0 Å². The molecular weight excluding hydrogens is 488 g/mol. The van der Waals surface area contributed by atoms with Gasteiger partial charge in [-0.1, -0.05) is 67.8 Å². The predicted octanol–water partition coefficient (Wildman–Crippen LogP) is 6.96. The number of carbonyl (C=O) groups excluding carboxylic acids is 1. The van der Waals surface area contributed by atoms with E-state index in [4.69, 9.17) is 9.47 Å². The number of hydrogen-bond donors (Lipinski definition) is 1. The van der Waals surface area contributed by atoms with Crippen LogP contribution in [0.25, 0.3) is 10.8 Å². The molecule has 3 aromatic carbocycles. The van der Waals surface area contributed by atoms with Crippen LogP contribution in [0.15, 0.2) is 66.7 Å². The Labute approximate surface area is 232 Å².